The molecule has 2 amide bonds. The second-order valence-electron chi connectivity index (χ2n) is 6.93. The summed E-state index contributed by atoms with van der Waals surface area (Å²) in [6.45, 7) is 5.02. The summed E-state index contributed by atoms with van der Waals surface area (Å²) in [4.78, 5) is 30.3. The molecule has 2 N–H and O–H groups in total. The summed E-state index contributed by atoms with van der Waals surface area (Å²) in [5.74, 6) is -0.713. The number of urea groups is 1. The predicted octanol–water partition coefficient (Wildman–Crippen LogP) is 3.68. The van der Waals surface area contributed by atoms with Gasteiger partial charge >= 0.3 is 12.0 Å². The number of carbonyl (C=O) groups excluding carboxylic acids is 1. The lowest BCUT2D eigenvalue weighted by molar-refractivity contribution is -0.140. The van der Waals surface area contributed by atoms with Crippen molar-refractivity contribution in [3.63, 3.8) is 0 Å². The highest BCUT2D eigenvalue weighted by molar-refractivity contribution is 7.18. The molecule has 0 saturated carbocycles. The van der Waals surface area contributed by atoms with Crippen molar-refractivity contribution in [1.82, 2.24) is 15.2 Å². The topological polar surface area (TPSA) is 82.5 Å². The number of hydrogen-bond donors (Lipinski definition) is 2. The first-order valence-electron chi connectivity index (χ1n) is 9.13. The molecule has 26 heavy (non-hydrogen) atoms. The zero-order chi connectivity index (χ0) is 18.7. The van der Waals surface area contributed by atoms with Crippen molar-refractivity contribution >= 4 is 33.6 Å². The van der Waals surface area contributed by atoms with Crippen molar-refractivity contribution in [1.29, 1.82) is 0 Å². The minimum absolute atomic E-state index is 0.100. The van der Waals surface area contributed by atoms with Crippen LogP contribution in [0.2, 0.25) is 0 Å². The molecule has 0 spiro atoms. The van der Waals surface area contributed by atoms with Gasteiger partial charge in [-0.1, -0.05) is 32.4 Å². The van der Waals surface area contributed by atoms with Gasteiger partial charge in [0.05, 0.1) is 15.2 Å². The van der Waals surface area contributed by atoms with E-state index < -0.39 is 12.0 Å². The molecule has 7 heteroatoms. The molecular formula is C19H25N3O3S. The van der Waals surface area contributed by atoms with Gasteiger partial charge in [-0.3, -0.25) is 0 Å². The Morgan fingerprint density at radius 3 is 2.65 bits per heavy atom. The summed E-state index contributed by atoms with van der Waals surface area (Å²) >= 11 is 1.73. The van der Waals surface area contributed by atoms with Crippen molar-refractivity contribution < 1.29 is 14.7 Å². The van der Waals surface area contributed by atoms with Gasteiger partial charge in [-0.25, -0.2) is 14.6 Å². The Balaban J connectivity index is 1.59. The van der Waals surface area contributed by atoms with Gasteiger partial charge in [0, 0.05) is 19.0 Å². The number of benzene rings is 1. The van der Waals surface area contributed by atoms with E-state index in [1.807, 2.05) is 32.0 Å². The second kappa shape index (κ2) is 8.03. The first kappa shape index (κ1) is 18.6. The van der Waals surface area contributed by atoms with Crippen molar-refractivity contribution in [2.24, 2.45) is 5.92 Å². The minimum Gasteiger partial charge on any atom is -0.480 e. The molecule has 0 radical (unpaired) electrons. The van der Waals surface area contributed by atoms with Gasteiger partial charge in [-0.05, 0) is 30.9 Å². The molecule has 1 aromatic carbocycles. The normalized spacial score (nSPS) is 17.8. The van der Waals surface area contributed by atoms with E-state index in [0.29, 0.717) is 25.4 Å². The third-order valence-electron chi connectivity index (χ3n) is 5.20. The van der Waals surface area contributed by atoms with Gasteiger partial charge in [0.1, 0.15) is 6.04 Å². The van der Waals surface area contributed by atoms with E-state index in [1.54, 1.807) is 16.2 Å². The molecule has 1 aromatic heterocycles. The Morgan fingerprint density at radius 2 is 2.04 bits per heavy atom. The van der Waals surface area contributed by atoms with E-state index >= 15 is 0 Å². The highest BCUT2D eigenvalue weighted by Crippen LogP contribution is 2.33. The Kier molecular flexibility index (Phi) is 5.76. The summed E-state index contributed by atoms with van der Waals surface area (Å²) in [6, 6.07) is 7.01. The smallest absolute Gasteiger partial charge is 0.326 e. The quantitative estimate of drug-likeness (QED) is 0.835. The maximum Gasteiger partial charge on any atom is 0.326 e. The number of aliphatic carboxylic acids is 1. The maximum atomic E-state index is 12.5. The van der Waals surface area contributed by atoms with Crippen LogP contribution in [0.3, 0.4) is 0 Å². The number of piperidine rings is 1. The van der Waals surface area contributed by atoms with E-state index in [9.17, 15) is 14.7 Å². The zero-order valence-electron chi connectivity index (χ0n) is 15.1. The molecule has 1 aliphatic heterocycles. The van der Waals surface area contributed by atoms with Gasteiger partial charge in [0.2, 0.25) is 0 Å². The number of thiazole rings is 1. The van der Waals surface area contributed by atoms with Crippen LogP contribution in [0.4, 0.5) is 4.79 Å². The summed E-state index contributed by atoms with van der Waals surface area (Å²) < 4.78 is 1.19. The number of aromatic nitrogens is 1. The van der Waals surface area contributed by atoms with Crippen LogP contribution in [0.25, 0.3) is 10.2 Å². The molecule has 2 aromatic rings. The van der Waals surface area contributed by atoms with Gasteiger partial charge in [0.25, 0.3) is 0 Å². The number of nitrogens with one attached hydrogen (secondary N) is 1. The van der Waals surface area contributed by atoms with Gasteiger partial charge < -0.3 is 15.3 Å². The van der Waals surface area contributed by atoms with Crippen molar-refractivity contribution in [2.45, 2.75) is 45.1 Å². The number of hydrogen-bond acceptors (Lipinski definition) is 4. The van der Waals surface area contributed by atoms with Crippen LogP contribution >= 0.6 is 11.3 Å². The van der Waals surface area contributed by atoms with E-state index in [1.165, 1.54) is 4.70 Å². The summed E-state index contributed by atoms with van der Waals surface area (Å²) in [5.41, 5.74) is 1.03. The van der Waals surface area contributed by atoms with Crippen molar-refractivity contribution in [3.05, 3.63) is 29.3 Å². The second-order valence-corrected chi connectivity index (χ2v) is 7.99. The highest BCUT2D eigenvalue weighted by Gasteiger charge is 2.30. The summed E-state index contributed by atoms with van der Waals surface area (Å²) in [5, 5.41) is 13.2. The Labute approximate surface area is 157 Å². The lowest BCUT2D eigenvalue weighted by Gasteiger charge is -2.32. The number of nitrogens with zero attached hydrogens (tertiary/aromatic N) is 2. The molecule has 0 bridgehead atoms. The number of para-hydroxylation sites is 1. The number of fused-ring (bicyclic) bond motifs is 1. The van der Waals surface area contributed by atoms with Crippen LogP contribution in [0.5, 0.6) is 0 Å². The molecule has 0 aliphatic carbocycles. The largest absolute Gasteiger partial charge is 0.480 e. The van der Waals surface area contributed by atoms with Crippen LogP contribution in [0.1, 0.15) is 44.0 Å². The van der Waals surface area contributed by atoms with E-state index in [0.717, 1.165) is 23.4 Å². The SMILES string of the molecule is CCC(C)[C@@H](NC(=O)N1CCC(c2nc3ccccc3s2)CC1)C(=O)O. The first-order chi connectivity index (χ1) is 12.5. The van der Waals surface area contributed by atoms with E-state index in [4.69, 9.17) is 4.98 Å². The summed E-state index contributed by atoms with van der Waals surface area (Å²) in [7, 11) is 0. The van der Waals surface area contributed by atoms with Crippen LogP contribution in [0.15, 0.2) is 24.3 Å². The molecule has 1 aliphatic rings. The molecule has 6 nitrogen and oxygen atoms in total. The lowest BCUT2D eigenvalue weighted by Crippen LogP contribution is -2.52. The number of carboxylic acids is 1. The lowest BCUT2D eigenvalue weighted by atomic mass is 9.97. The summed E-state index contributed by atoms with van der Waals surface area (Å²) in [6.07, 6.45) is 2.42. The first-order valence-corrected chi connectivity index (χ1v) is 9.95. The molecule has 140 valence electrons. The van der Waals surface area contributed by atoms with Crippen molar-refractivity contribution in [3.8, 4) is 0 Å². The zero-order valence-corrected chi connectivity index (χ0v) is 16.0. The maximum absolute atomic E-state index is 12.5. The molecular weight excluding hydrogens is 350 g/mol. The van der Waals surface area contributed by atoms with Crippen LogP contribution in [-0.4, -0.2) is 46.1 Å². The average Bonchev–Trinajstić information content (AvgIpc) is 3.09. The standard InChI is InChI=1S/C19H25N3O3S/c1-3-12(2)16(18(23)24)21-19(25)22-10-8-13(9-11-22)17-20-14-6-4-5-7-15(14)26-17/h4-7,12-13,16H,3,8-11H2,1-2H3,(H,21,25)(H,23,24)/t12?,16-/m1/s1. The number of likely N-dealkylation sites (tertiary alicyclic amines) is 1. The molecule has 1 saturated heterocycles. The molecule has 1 fully saturated rings. The Bertz CT molecular complexity index is 750. The highest BCUT2D eigenvalue weighted by atomic mass is 32.1. The fourth-order valence-electron chi connectivity index (χ4n) is 3.30. The molecule has 2 heterocycles. The average molecular weight is 375 g/mol. The Morgan fingerprint density at radius 1 is 1.35 bits per heavy atom. The van der Waals surface area contributed by atoms with Gasteiger partial charge in [-0.2, -0.15) is 0 Å². The molecule has 2 atom stereocenters. The number of carbonyl (C=O) groups is 2. The van der Waals surface area contributed by atoms with E-state index in [2.05, 4.69) is 11.4 Å². The fraction of sp³-hybridized carbons (Fsp3) is 0.526. The molecule has 3 rings (SSSR count). The molecule has 1 unspecified atom stereocenters. The number of carboxylic acid groups (broad SMARTS) is 1. The predicted molar refractivity (Wildman–Crippen MR) is 103 cm³/mol. The Hall–Kier alpha value is -2.15. The van der Waals surface area contributed by atoms with E-state index in [-0.39, 0.29) is 11.9 Å². The van der Waals surface area contributed by atoms with Crippen LogP contribution in [0, 0.1) is 5.92 Å². The number of rotatable bonds is 5. The fourth-order valence-corrected chi connectivity index (χ4v) is 4.44. The minimum atomic E-state index is -0.975. The third kappa shape index (κ3) is 3.98. The monoisotopic (exact) mass is 375 g/mol. The van der Waals surface area contributed by atoms with Crippen LogP contribution in [-0.2, 0) is 4.79 Å². The number of amides is 2. The van der Waals surface area contributed by atoms with Crippen molar-refractivity contribution in [2.75, 3.05) is 13.1 Å². The van der Waals surface area contributed by atoms with Gasteiger partial charge in [0.15, 0.2) is 0 Å². The van der Waals surface area contributed by atoms with Gasteiger partial charge in [-0.15, -0.1) is 11.3 Å². The third-order valence-corrected chi connectivity index (χ3v) is 6.40. The van der Waals surface area contributed by atoms with Crippen LogP contribution < -0.4 is 5.32 Å².